The van der Waals surface area contributed by atoms with Crippen LogP contribution >= 0.6 is 24.0 Å². The van der Waals surface area contributed by atoms with E-state index in [4.69, 9.17) is 12.2 Å². The summed E-state index contributed by atoms with van der Waals surface area (Å²) in [4.78, 5) is 13.0. The quantitative estimate of drug-likeness (QED) is 0.424. The van der Waals surface area contributed by atoms with Crippen LogP contribution in [0, 0.1) is 11.8 Å². The SMILES string of the molecule is C[C@@H]1[C@H](C)CCC[C@@H]1NC(=S)NNC(=O)CCSc1ccccc1. The lowest BCUT2D eigenvalue weighted by atomic mass is 9.78. The number of thioether (sulfide) groups is 1. The standard InChI is InChI=1S/C18H27N3OS2/c1-13-7-6-10-16(14(13)2)19-18(23)21-20-17(22)11-12-24-15-8-4-3-5-9-15/h3-5,8-9,13-14,16H,6-7,10-12H2,1-2H3,(H,20,22)(H2,19,21,23)/t13-,14-,16+/m1/s1. The molecule has 1 fully saturated rings. The first kappa shape index (κ1) is 19.1. The predicted molar refractivity (Wildman–Crippen MR) is 105 cm³/mol. The van der Waals surface area contributed by atoms with Gasteiger partial charge >= 0.3 is 0 Å². The fraction of sp³-hybridized carbons (Fsp3) is 0.556. The van der Waals surface area contributed by atoms with Crippen LogP contribution in [0.15, 0.2) is 35.2 Å². The molecule has 1 saturated carbocycles. The molecule has 6 heteroatoms. The Kier molecular flexibility index (Phi) is 7.85. The van der Waals surface area contributed by atoms with Crippen molar-refractivity contribution >= 4 is 35.0 Å². The third-order valence-electron chi connectivity index (χ3n) is 4.68. The second-order valence-electron chi connectivity index (χ2n) is 6.43. The van der Waals surface area contributed by atoms with Gasteiger partial charge in [0.2, 0.25) is 5.91 Å². The van der Waals surface area contributed by atoms with Crippen molar-refractivity contribution in [3.8, 4) is 0 Å². The molecule has 0 radical (unpaired) electrons. The van der Waals surface area contributed by atoms with E-state index in [-0.39, 0.29) is 5.91 Å². The molecule has 132 valence electrons. The maximum absolute atomic E-state index is 11.9. The van der Waals surface area contributed by atoms with Gasteiger partial charge in [0, 0.05) is 23.1 Å². The van der Waals surface area contributed by atoms with E-state index >= 15 is 0 Å². The summed E-state index contributed by atoms with van der Waals surface area (Å²) >= 11 is 6.97. The fourth-order valence-electron chi connectivity index (χ4n) is 2.96. The lowest BCUT2D eigenvalue weighted by Gasteiger charge is -2.35. The van der Waals surface area contributed by atoms with Gasteiger partial charge in [0.1, 0.15) is 0 Å². The van der Waals surface area contributed by atoms with Gasteiger partial charge in [-0.05, 0) is 42.6 Å². The van der Waals surface area contributed by atoms with Gasteiger partial charge in [0.15, 0.2) is 5.11 Å². The van der Waals surface area contributed by atoms with Gasteiger partial charge in [-0.3, -0.25) is 15.6 Å². The van der Waals surface area contributed by atoms with Gasteiger partial charge in [-0.15, -0.1) is 11.8 Å². The number of nitrogens with one attached hydrogen (secondary N) is 3. The van der Waals surface area contributed by atoms with Gasteiger partial charge in [0.05, 0.1) is 0 Å². The van der Waals surface area contributed by atoms with E-state index in [2.05, 4.69) is 30.0 Å². The second kappa shape index (κ2) is 9.89. The van der Waals surface area contributed by atoms with E-state index in [1.54, 1.807) is 11.8 Å². The minimum atomic E-state index is -0.0485. The number of carbonyl (C=O) groups excluding carboxylic acids is 1. The maximum atomic E-state index is 11.9. The van der Waals surface area contributed by atoms with Crippen molar-refractivity contribution < 1.29 is 4.79 Å². The fourth-order valence-corrected chi connectivity index (χ4v) is 4.03. The number of hydrogen-bond donors (Lipinski definition) is 3. The molecular formula is C18H27N3OS2. The molecule has 0 aliphatic heterocycles. The summed E-state index contributed by atoms with van der Waals surface area (Å²) in [7, 11) is 0. The molecule has 4 nitrogen and oxygen atoms in total. The number of hydrogen-bond acceptors (Lipinski definition) is 3. The first-order valence-corrected chi connectivity index (χ1v) is 9.99. The van der Waals surface area contributed by atoms with E-state index in [0.29, 0.717) is 29.4 Å². The van der Waals surface area contributed by atoms with Crippen molar-refractivity contribution in [2.75, 3.05) is 5.75 Å². The first-order valence-electron chi connectivity index (χ1n) is 8.59. The van der Waals surface area contributed by atoms with E-state index in [0.717, 1.165) is 12.2 Å². The zero-order valence-corrected chi connectivity index (χ0v) is 16.0. The normalized spacial score (nSPS) is 23.3. The number of thiocarbonyl (C=S) groups is 1. The van der Waals surface area contributed by atoms with Gasteiger partial charge < -0.3 is 5.32 Å². The Bertz CT molecular complexity index is 538. The molecule has 1 amide bonds. The molecule has 0 aromatic heterocycles. The molecular weight excluding hydrogens is 338 g/mol. The van der Waals surface area contributed by atoms with Crippen LogP contribution < -0.4 is 16.2 Å². The van der Waals surface area contributed by atoms with E-state index in [1.165, 1.54) is 17.7 Å². The van der Waals surface area contributed by atoms with Crippen LogP contribution in [0.1, 0.15) is 39.5 Å². The highest BCUT2D eigenvalue weighted by Crippen LogP contribution is 2.29. The number of rotatable bonds is 5. The Morgan fingerprint density at radius 1 is 1.21 bits per heavy atom. The smallest absolute Gasteiger partial charge is 0.239 e. The van der Waals surface area contributed by atoms with Crippen LogP contribution in [0.5, 0.6) is 0 Å². The molecule has 1 aliphatic carbocycles. The number of carbonyl (C=O) groups is 1. The van der Waals surface area contributed by atoms with E-state index in [1.807, 2.05) is 30.3 Å². The van der Waals surface area contributed by atoms with E-state index < -0.39 is 0 Å². The second-order valence-corrected chi connectivity index (χ2v) is 8.01. The van der Waals surface area contributed by atoms with Crippen molar-refractivity contribution in [2.24, 2.45) is 11.8 Å². The maximum Gasteiger partial charge on any atom is 0.239 e. The van der Waals surface area contributed by atoms with Crippen LogP contribution in [0.25, 0.3) is 0 Å². The third kappa shape index (κ3) is 6.32. The lowest BCUT2D eigenvalue weighted by molar-refractivity contribution is -0.121. The molecule has 0 bridgehead atoms. The molecule has 1 aliphatic rings. The average molecular weight is 366 g/mol. The van der Waals surface area contributed by atoms with Crippen molar-refractivity contribution in [2.45, 2.75) is 50.5 Å². The highest BCUT2D eigenvalue weighted by atomic mass is 32.2. The Labute approximate surface area is 154 Å². The molecule has 0 heterocycles. The molecule has 3 N–H and O–H groups in total. The predicted octanol–water partition coefficient (Wildman–Crippen LogP) is 3.49. The Hall–Kier alpha value is -1.27. The number of amides is 1. The van der Waals surface area contributed by atoms with Gasteiger partial charge in [-0.2, -0.15) is 0 Å². The van der Waals surface area contributed by atoms with E-state index in [9.17, 15) is 4.79 Å². The summed E-state index contributed by atoms with van der Waals surface area (Å²) in [5.41, 5.74) is 5.50. The lowest BCUT2D eigenvalue weighted by Crippen LogP contribution is -2.52. The molecule has 3 atom stereocenters. The summed E-state index contributed by atoms with van der Waals surface area (Å²) in [5, 5.41) is 3.84. The van der Waals surface area contributed by atoms with Gasteiger partial charge in [0.25, 0.3) is 0 Å². The van der Waals surface area contributed by atoms with Gasteiger partial charge in [-0.1, -0.05) is 44.9 Å². The Morgan fingerprint density at radius 3 is 2.71 bits per heavy atom. The molecule has 2 rings (SSSR count). The summed E-state index contributed by atoms with van der Waals surface area (Å²) in [6.45, 7) is 4.56. The van der Waals surface area contributed by atoms with Crippen LogP contribution in [0.2, 0.25) is 0 Å². The summed E-state index contributed by atoms with van der Waals surface area (Å²) < 4.78 is 0. The average Bonchev–Trinajstić information content (AvgIpc) is 2.58. The largest absolute Gasteiger partial charge is 0.358 e. The molecule has 0 unspecified atom stereocenters. The Morgan fingerprint density at radius 2 is 1.96 bits per heavy atom. The molecule has 0 spiro atoms. The van der Waals surface area contributed by atoms with Crippen molar-refractivity contribution in [1.82, 2.24) is 16.2 Å². The Balaban J connectivity index is 1.61. The van der Waals surface area contributed by atoms with Crippen LogP contribution in [0.4, 0.5) is 0 Å². The molecule has 1 aromatic carbocycles. The van der Waals surface area contributed by atoms with Crippen LogP contribution in [0.3, 0.4) is 0 Å². The number of benzene rings is 1. The highest BCUT2D eigenvalue weighted by Gasteiger charge is 2.27. The first-order chi connectivity index (χ1) is 11.6. The van der Waals surface area contributed by atoms with Crippen molar-refractivity contribution in [1.29, 1.82) is 0 Å². The molecule has 1 aromatic rings. The molecule has 0 saturated heterocycles. The third-order valence-corrected chi connectivity index (χ3v) is 5.91. The summed E-state index contributed by atoms with van der Waals surface area (Å²) in [6.07, 6.45) is 4.10. The highest BCUT2D eigenvalue weighted by molar-refractivity contribution is 7.99. The summed E-state index contributed by atoms with van der Waals surface area (Å²) in [5.74, 6) is 2.00. The van der Waals surface area contributed by atoms with Gasteiger partial charge in [-0.25, -0.2) is 0 Å². The zero-order chi connectivity index (χ0) is 17.4. The van der Waals surface area contributed by atoms with Crippen molar-refractivity contribution in [3.05, 3.63) is 30.3 Å². The van der Waals surface area contributed by atoms with Crippen LogP contribution in [-0.4, -0.2) is 22.8 Å². The minimum absolute atomic E-state index is 0.0485. The van der Waals surface area contributed by atoms with Crippen LogP contribution in [-0.2, 0) is 4.79 Å². The molecule has 24 heavy (non-hydrogen) atoms. The topological polar surface area (TPSA) is 53.2 Å². The minimum Gasteiger partial charge on any atom is -0.358 e. The number of hydrazine groups is 1. The summed E-state index contributed by atoms with van der Waals surface area (Å²) in [6, 6.07) is 10.5. The monoisotopic (exact) mass is 365 g/mol. The van der Waals surface area contributed by atoms with Crippen molar-refractivity contribution in [3.63, 3.8) is 0 Å². The zero-order valence-electron chi connectivity index (χ0n) is 14.4.